The van der Waals surface area contributed by atoms with Gasteiger partial charge in [0.1, 0.15) is 0 Å². The van der Waals surface area contributed by atoms with Gasteiger partial charge in [-0.05, 0) is 0 Å². The van der Waals surface area contributed by atoms with Gasteiger partial charge in [-0.3, -0.25) is 0 Å². The van der Waals surface area contributed by atoms with E-state index >= 15 is 0 Å². The summed E-state index contributed by atoms with van der Waals surface area (Å²) in [5, 5.41) is 21.1. The van der Waals surface area contributed by atoms with E-state index in [0.29, 0.717) is 0 Å². The van der Waals surface area contributed by atoms with Gasteiger partial charge in [-0.15, -0.1) is 0 Å². The fourth-order valence-corrected chi connectivity index (χ4v) is 5.50. The van der Waals surface area contributed by atoms with Crippen LogP contribution in [-0.4, -0.2) is 52.0 Å². The van der Waals surface area contributed by atoms with Crippen LogP contribution in [-0.2, 0) is 12.8 Å². The summed E-state index contributed by atoms with van der Waals surface area (Å²) in [5.74, 6) is 0. The van der Waals surface area contributed by atoms with Crippen molar-refractivity contribution in [2.45, 2.75) is 47.4 Å². The molecule has 0 aliphatic heterocycles. The average molecular weight is 367 g/mol. The molecule has 0 saturated heterocycles. The second kappa shape index (κ2) is 9.06. The third-order valence-corrected chi connectivity index (χ3v) is 7.04. The number of hydrogen-bond acceptors (Lipinski definition) is 4. The molecular formula is C12H20N6Sn. The summed E-state index contributed by atoms with van der Waals surface area (Å²) in [6, 6.07) is 0. The van der Waals surface area contributed by atoms with E-state index in [4.69, 9.17) is 0 Å². The van der Waals surface area contributed by atoms with E-state index in [1.54, 1.807) is 0 Å². The Morgan fingerprint density at radius 3 is 1.74 bits per heavy atom. The Morgan fingerprint density at radius 1 is 0.789 bits per heavy atom. The third kappa shape index (κ3) is 6.17. The standard InChI is InChI=1S/2C6H10N3.Sn/c2*1-2-3-4-6-5-7-9-8-6;/h2*5H,1-4H2,(H,7,8,9);. The van der Waals surface area contributed by atoms with Gasteiger partial charge in [-0.1, -0.05) is 0 Å². The molecule has 2 aromatic heterocycles. The van der Waals surface area contributed by atoms with Gasteiger partial charge in [0.2, 0.25) is 0 Å². The first-order valence-corrected chi connectivity index (χ1v) is 10.9. The second-order valence-electron chi connectivity index (χ2n) is 4.59. The van der Waals surface area contributed by atoms with Crippen LogP contribution in [0.4, 0.5) is 0 Å². The average Bonchev–Trinajstić information content (AvgIpc) is 3.10. The number of aryl methyl sites for hydroxylation is 2. The Bertz CT molecular complexity index is 373. The summed E-state index contributed by atoms with van der Waals surface area (Å²) in [4.78, 5) is 0. The number of aromatic nitrogens is 6. The van der Waals surface area contributed by atoms with Crippen molar-refractivity contribution in [2.24, 2.45) is 0 Å². The minimum absolute atomic E-state index is 0.115. The number of hydrogen-bond donors (Lipinski definition) is 2. The zero-order valence-corrected chi connectivity index (χ0v) is 14.0. The van der Waals surface area contributed by atoms with E-state index in [9.17, 15) is 0 Å². The summed E-state index contributed by atoms with van der Waals surface area (Å²) in [5.41, 5.74) is 2.19. The quantitative estimate of drug-likeness (QED) is 0.496. The van der Waals surface area contributed by atoms with Gasteiger partial charge in [0, 0.05) is 0 Å². The van der Waals surface area contributed by atoms with Crippen LogP contribution >= 0.6 is 0 Å². The van der Waals surface area contributed by atoms with Crippen molar-refractivity contribution < 1.29 is 0 Å². The maximum atomic E-state index is 4.06. The van der Waals surface area contributed by atoms with Crippen molar-refractivity contribution in [3.8, 4) is 0 Å². The molecule has 6 nitrogen and oxygen atoms in total. The summed E-state index contributed by atoms with van der Waals surface area (Å²) in [6.07, 6.45) is 11.0. The first-order chi connectivity index (χ1) is 9.45. The number of aromatic amines is 2. The molecule has 2 heterocycles. The van der Waals surface area contributed by atoms with Crippen molar-refractivity contribution in [2.75, 3.05) is 0 Å². The molecule has 0 bridgehead atoms. The minimum atomic E-state index is -0.115. The molecule has 0 saturated carbocycles. The van der Waals surface area contributed by atoms with Crippen molar-refractivity contribution in [3.63, 3.8) is 0 Å². The van der Waals surface area contributed by atoms with E-state index in [0.717, 1.165) is 24.2 Å². The van der Waals surface area contributed by atoms with Gasteiger partial charge in [0.25, 0.3) is 0 Å². The normalized spacial score (nSPS) is 10.9. The summed E-state index contributed by atoms with van der Waals surface area (Å²) in [7, 11) is 0. The molecule has 102 valence electrons. The first-order valence-electron chi connectivity index (χ1n) is 6.85. The molecule has 7 heteroatoms. The molecule has 0 aromatic carbocycles. The molecule has 0 fully saturated rings. The Kier molecular flexibility index (Phi) is 6.91. The summed E-state index contributed by atoms with van der Waals surface area (Å²) >= 11 is -0.115. The SMILES string of the molecule is c1n[nH]nc1CCC[CH2][Sn][CH2]CCCc1cn[nH]n1. The zero-order chi connectivity index (χ0) is 13.2. The third-order valence-electron chi connectivity index (χ3n) is 3.00. The first kappa shape index (κ1) is 14.5. The monoisotopic (exact) mass is 368 g/mol. The van der Waals surface area contributed by atoms with Crippen LogP contribution in [0, 0.1) is 0 Å². The number of H-pyrrole nitrogens is 2. The molecule has 0 atom stereocenters. The van der Waals surface area contributed by atoms with Crippen LogP contribution in [0.3, 0.4) is 0 Å². The fraction of sp³-hybridized carbons (Fsp3) is 0.667. The molecule has 2 aromatic rings. The molecule has 0 amide bonds. The van der Waals surface area contributed by atoms with Gasteiger partial charge in [0.15, 0.2) is 0 Å². The zero-order valence-electron chi connectivity index (χ0n) is 11.1. The van der Waals surface area contributed by atoms with Gasteiger partial charge in [0.05, 0.1) is 0 Å². The molecule has 0 aliphatic rings. The predicted molar refractivity (Wildman–Crippen MR) is 74.0 cm³/mol. The number of unbranched alkanes of at least 4 members (excludes halogenated alkanes) is 2. The molecule has 0 spiro atoms. The molecule has 2 rings (SSSR count). The van der Waals surface area contributed by atoms with Crippen molar-refractivity contribution in [1.29, 1.82) is 0 Å². The van der Waals surface area contributed by atoms with E-state index in [-0.39, 0.29) is 21.1 Å². The Hall–Kier alpha value is -0.921. The van der Waals surface area contributed by atoms with Gasteiger partial charge in [-0.25, -0.2) is 0 Å². The molecule has 19 heavy (non-hydrogen) atoms. The van der Waals surface area contributed by atoms with E-state index < -0.39 is 0 Å². The van der Waals surface area contributed by atoms with Gasteiger partial charge < -0.3 is 0 Å². The van der Waals surface area contributed by atoms with Crippen LogP contribution in [0.5, 0.6) is 0 Å². The summed E-state index contributed by atoms with van der Waals surface area (Å²) < 4.78 is 2.98. The van der Waals surface area contributed by atoms with Gasteiger partial charge >= 0.3 is 123 Å². The summed E-state index contributed by atoms with van der Waals surface area (Å²) in [6.45, 7) is 0. The van der Waals surface area contributed by atoms with Crippen LogP contribution in [0.1, 0.15) is 37.1 Å². The second-order valence-corrected chi connectivity index (χ2v) is 8.87. The Labute approximate surface area is 123 Å². The van der Waals surface area contributed by atoms with Crippen molar-refractivity contribution in [3.05, 3.63) is 23.8 Å². The molecule has 2 N–H and O–H groups in total. The molecular weight excluding hydrogens is 347 g/mol. The number of nitrogens with zero attached hydrogens (tertiary/aromatic N) is 4. The van der Waals surface area contributed by atoms with Crippen LogP contribution in [0.25, 0.3) is 0 Å². The molecule has 2 radical (unpaired) electrons. The van der Waals surface area contributed by atoms with Gasteiger partial charge in [-0.2, -0.15) is 0 Å². The Balaban J connectivity index is 1.36. The van der Waals surface area contributed by atoms with E-state index in [1.165, 1.54) is 34.6 Å². The van der Waals surface area contributed by atoms with Crippen LogP contribution in [0.15, 0.2) is 12.4 Å². The predicted octanol–water partition coefficient (Wildman–Crippen LogP) is 1.81. The van der Waals surface area contributed by atoms with E-state index in [1.807, 2.05) is 12.4 Å². The van der Waals surface area contributed by atoms with Crippen molar-refractivity contribution in [1.82, 2.24) is 30.8 Å². The fourth-order valence-electron chi connectivity index (χ4n) is 1.93. The van der Waals surface area contributed by atoms with Crippen LogP contribution < -0.4 is 0 Å². The van der Waals surface area contributed by atoms with Crippen molar-refractivity contribution >= 4 is 21.1 Å². The van der Waals surface area contributed by atoms with E-state index in [2.05, 4.69) is 30.8 Å². The topological polar surface area (TPSA) is 83.1 Å². The number of nitrogens with one attached hydrogen (secondary N) is 2. The Morgan fingerprint density at radius 2 is 1.32 bits per heavy atom. The maximum absolute atomic E-state index is 4.06. The van der Waals surface area contributed by atoms with Crippen LogP contribution in [0.2, 0.25) is 8.87 Å². The molecule has 0 aliphatic carbocycles. The number of rotatable bonds is 10. The molecule has 0 unspecified atom stereocenters.